The molecule has 2 rings (SSSR count). The van der Waals surface area contributed by atoms with Crippen molar-refractivity contribution in [3.05, 3.63) is 24.2 Å². The van der Waals surface area contributed by atoms with Gasteiger partial charge in [-0.15, -0.1) is 0 Å². The number of amides is 1. The minimum absolute atomic E-state index is 0.176. The van der Waals surface area contributed by atoms with Crippen molar-refractivity contribution >= 4 is 17.7 Å². The van der Waals surface area contributed by atoms with Gasteiger partial charge in [-0.1, -0.05) is 0 Å². The number of furan rings is 1. The SMILES string of the molecule is COC1(CNC(=O)c2ccco2)CCSCC1. The minimum atomic E-state index is -0.201. The highest BCUT2D eigenvalue weighted by atomic mass is 32.2. The molecule has 0 saturated carbocycles. The number of ether oxygens (including phenoxy) is 1. The van der Waals surface area contributed by atoms with Gasteiger partial charge in [-0.05, 0) is 36.5 Å². The maximum Gasteiger partial charge on any atom is 0.287 e. The maximum atomic E-state index is 11.7. The molecule has 0 aliphatic carbocycles. The first-order valence-electron chi connectivity index (χ1n) is 5.70. The van der Waals surface area contributed by atoms with Crippen molar-refractivity contribution in [1.82, 2.24) is 5.32 Å². The number of carbonyl (C=O) groups excluding carboxylic acids is 1. The molecule has 1 aromatic heterocycles. The van der Waals surface area contributed by atoms with Crippen LogP contribution in [0.1, 0.15) is 23.4 Å². The van der Waals surface area contributed by atoms with E-state index >= 15 is 0 Å². The third-order valence-corrected chi connectivity index (χ3v) is 4.14. The third-order valence-electron chi connectivity index (χ3n) is 3.15. The fraction of sp³-hybridized carbons (Fsp3) is 0.583. The maximum absolute atomic E-state index is 11.7. The standard InChI is InChI=1S/C12H17NO3S/c1-15-12(4-7-17-8-5-12)9-13-11(14)10-3-2-6-16-10/h2-3,6H,4-5,7-9H2,1H3,(H,13,14). The van der Waals surface area contributed by atoms with Gasteiger partial charge in [-0.25, -0.2) is 0 Å². The first kappa shape index (κ1) is 12.5. The van der Waals surface area contributed by atoms with E-state index in [-0.39, 0.29) is 11.5 Å². The molecule has 1 fully saturated rings. The third kappa shape index (κ3) is 3.04. The summed E-state index contributed by atoms with van der Waals surface area (Å²) < 4.78 is 10.6. The second-order valence-electron chi connectivity index (χ2n) is 4.16. The molecule has 94 valence electrons. The lowest BCUT2D eigenvalue weighted by Gasteiger charge is -2.35. The van der Waals surface area contributed by atoms with Crippen LogP contribution in [0, 0.1) is 0 Å². The summed E-state index contributed by atoms with van der Waals surface area (Å²) in [5.74, 6) is 2.35. The predicted octanol–water partition coefficient (Wildman–Crippen LogP) is 1.92. The molecular formula is C12H17NO3S. The van der Waals surface area contributed by atoms with Crippen LogP contribution in [0.25, 0.3) is 0 Å². The van der Waals surface area contributed by atoms with Gasteiger partial charge in [0, 0.05) is 13.7 Å². The Morgan fingerprint density at radius 1 is 1.59 bits per heavy atom. The van der Waals surface area contributed by atoms with Crippen LogP contribution in [0.2, 0.25) is 0 Å². The second kappa shape index (κ2) is 5.60. The normalized spacial score (nSPS) is 18.9. The van der Waals surface area contributed by atoms with Crippen LogP contribution in [0.5, 0.6) is 0 Å². The first-order chi connectivity index (χ1) is 8.26. The molecule has 5 heteroatoms. The highest BCUT2D eigenvalue weighted by Crippen LogP contribution is 2.29. The zero-order valence-electron chi connectivity index (χ0n) is 9.90. The van der Waals surface area contributed by atoms with Gasteiger partial charge in [0.2, 0.25) is 0 Å². The molecule has 0 unspecified atom stereocenters. The molecule has 1 N–H and O–H groups in total. The summed E-state index contributed by atoms with van der Waals surface area (Å²) in [7, 11) is 1.72. The summed E-state index contributed by atoms with van der Waals surface area (Å²) in [6.45, 7) is 0.545. The molecular weight excluding hydrogens is 238 g/mol. The zero-order valence-corrected chi connectivity index (χ0v) is 10.7. The van der Waals surface area contributed by atoms with Crippen molar-refractivity contribution in [3.8, 4) is 0 Å². The number of methoxy groups -OCH3 is 1. The summed E-state index contributed by atoms with van der Waals surface area (Å²) in [4.78, 5) is 11.7. The Balaban J connectivity index is 1.89. The molecule has 1 aliphatic rings. The number of nitrogens with one attached hydrogen (secondary N) is 1. The van der Waals surface area contributed by atoms with E-state index in [2.05, 4.69) is 5.32 Å². The van der Waals surface area contributed by atoms with Crippen molar-refractivity contribution in [2.75, 3.05) is 25.2 Å². The molecule has 17 heavy (non-hydrogen) atoms. The van der Waals surface area contributed by atoms with Gasteiger partial charge < -0.3 is 14.5 Å². The van der Waals surface area contributed by atoms with Crippen LogP contribution in [0.15, 0.2) is 22.8 Å². The van der Waals surface area contributed by atoms with Gasteiger partial charge in [0.1, 0.15) is 0 Å². The molecule has 0 radical (unpaired) electrons. The van der Waals surface area contributed by atoms with Gasteiger partial charge in [-0.2, -0.15) is 11.8 Å². The Morgan fingerprint density at radius 3 is 2.94 bits per heavy atom. The fourth-order valence-electron chi connectivity index (χ4n) is 1.93. The van der Waals surface area contributed by atoms with E-state index < -0.39 is 0 Å². The average molecular weight is 255 g/mol. The van der Waals surface area contributed by atoms with Crippen molar-refractivity contribution < 1.29 is 13.9 Å². The summed E-state index contributed by atoms with van der Waals surface area (Å²) in [6.07, 6.45) is 3.46. The van der Waals surface area contributed by atoms with Crippen LogP contribution in [0.4, 0.5) is 0 Å². The summed E-state index contributed by atoms with van der Waals surface area (Å²) in [5.41, 5.74) is -0.201. The first-order valence-corrected chi connectivity index (χ1v) is 6.86. The molecule has 1 aliphatic heterocycles. The number of hydrogen-bond acceptors (Lipinski definition) is 4. The quantitative estimate of drug-likeness (QED) is 0.893. The summed E-state index contributed by atoms with van der Waals surface area (Å²) in [6, 6.07) is 3.36. The molecule has 2 heterocycles. The lowest BCUT2D eigenvalue weighted by atomic mass is 9.96. The van der Waals surface area contributed by atoms with Crippen molar-refractivity contribution in [2.24, 2.45) is 0 Å². The molecule has 4 nitrogen and oxygen atoms in total. The van der Waals surface area contributed by atoms with Crippen molar-refractivity contribution in [1.29, 1.82) is 0 Å². The number of hydrogen-bond donors (Lipinski definition) is 1. The Hall–Kier alpha value is -0.940. The fourth-order valence-corrected chi connectivity index (χ4v) is 3.17. The zero-order chi connectivity index (χ0) is 12.1. The lowest BCUT2D eigenvalue weighted by Crippen LogP contribution is -2.46. The molecule has 0 atom stereocenters. The van der Waals surface area contributed by atoms with Gasteiger partial charge in [0.25, 0.3) is 5.91 Å². The smallest absolute Gasteiger partial charge is 0.287 e. The number of carbonyl (C=O) groups is 1. The molecule has 0 aromatic carbocycles. The average Bonchev–Trinajstić information content (AvgIpc) is 2.91. The highest BCUT2D eigenvalue weighted by Gasteiger charge is 2.32. The van der Waals surface area contributed by atoms with Crippen LogP contribution >= 0.6 is 11.8 Å². The minimum Gasteiger partial charge on any atom is -0.459 e. The van der Waals surface area contributed by atoms with Crippen LogP contribution in [-0.4, -0.2) is 36.7 Å². The lowest BCUT2D eigenvalue weighted by molar-refractivity contribution is -0.0151. The Kier molecular flexibility index (Phi) is 4.12. The molecule has 1 aromatic rings. The largest absolute Gasteiger partial charge is 0.459 e. The van der Waals surface area contributed by atoms with E-state index in [1.54, 1.807) is 19.2 Å². The van der Waals surface area contributed by atoms with Crippen molar-refractivity contribution in [2.45, 2.75) is 18.4 Å². The molecule has 0 bridgehead atoms. The van der Waals surface area contributed by atoms with Crippen LogP contribution in [0.3, 0.4) is 0 Å². The van der Waals surface area contributed by atoms with E-state index in [0.29, 0.717) is 12.3 Å². The topological polar surface area (TPSA) is 51.5 Å². The van der Waals surface area contributed by atoms with Gasteiger partial charge in [-0.3, -0.25) is 4.79 Å². The number of thioether (sulfide) groups is 1. The summed E-state index contributed by atoms with van der Waals surface area (Å²) in [5, 5.41) is 2.88. The monoisotopic (exact) mass is 255 g/mol. The van der Waals surface area contributed by atoms with Gasteiger partial charge in [0.15, 0.2) is 5.76 Å². The van der Waals surface area contributed by atoms with E-state index in [9.17, 15) is 4.79 Å². The molecule has 0 spiro atoms. The van der Waals surface area contributed by atoms with E-state index in [1.807, 2.05) is 11.8 Å². The predicted molar refractivity (Wildman–Crippen MR) is 67.3 cm³/mol. The summed E-state index contributed by atoms with van der Waals surface area (Å²) >= 11 is 1.93. The number of rotatable bonds is 4. The van der Waals surface area contributed by atoms with E-state index in [4.69, 9.17) is 9.15 Å². The van der Waals surface area contributed by atoms with Gasteiger partial charge in [0.05, 0.1) is 11.9 Å². The highest BCUT2D eigenvalue weighted by molar-refractivity contribution is 7.99. The Morgan fingerprint density at radius 2 is 2.35 bits per heavy atom. The second-order valence-corrected chi connectivity index (χ2v) is 5.38. The van der Waals surface area contributed by atoms with Crippen LogP contribution in [-0.2, 0) is 4.74 Å². The van der Waals surface area contributed by atoms with Crippen LogP contribution < -0.4 is 5.32 Å². The Labute approximate surface area is 105 Å². The van der Waals surface area contributed by atoms with E-state index in [1.165, 1.54) is 6.26 Å². The van der Waals surface area contributed by atoms with Crippen molar-refractivity contribution in [3.63, 3.8) is 0 Å². The Bertz CT molecular complexity index is 358. The molecule has 1 saturated heterocycles. The van der Waals surface area contributed by atoms with Gasteiger partial charge >= 0.3 is 0 Å². The molecule has 1 amide bonds. The van der Waals surface area contributed by atoms with E-state index in [0.717, 1.165) is 24.3 Å².